The van der Waals surface area contributed by atoms with E-state index in [0.717, 1.165) is 31.8 Å². The molecular weight excluding hydrogens is 300 g/mol. The van der Waals surface area contributed by atoms with Crippen molar-refractivity contribution in [3.8, 4) is 5.75 Å². The number of para-hydroxylation sites is 2. The fraction of sp³-hybridized carbons (Fsp3) is 0.632. The van der Waals surface area contributed by atoms with Gasteiger partial charge >= 0.3 is 0 Å². The Morgan fingerprint density at radius 1 is 1.25 bits per heavy atom. The van der Waals surface area contributed by atoms with Crippen LogP contribution in [0.4, 0.5) is 5.69 Å². The van der Waals surface area contributed by atoms with Gasteiger partial charge in [-0.25, -0.2) is 0 Å². The van der Waals surface area contributed by atoms with Crippen LogP contribution in [-0.2, 0) is 0 Å². The van der Waals surface area contributed by atoms with Gasteiger partial charge in [-0.05, 0) is 37.3 Å². The quantitative estimate of drug-likeness (QED) is 0.644. The van der Waals surface area contributed by atoms with Gasteiger partial charge in [0, 0.05) is 25.7 Å². The number of nitrogens with two attached hydrogens (primary N) is 1. The summed E-state index contributed by atoms with van der Waals surface area (Å²) in [6.07, 6.45) is 7.57. The summed E-state index contributed by atoms with van der Waals surface area (Å²) in [7, 11) is 1.73. The van der Waals surface area contributed by atoms with Gasteiger partial charge in [0.05, 0.1) is 12.8 Å². The standard InChI is InChI=1S/C19H30N4O/c1-24-18-10-6-5-9-17(18)23-12-11-15(14-23)13-21-19(20)22-16-7-3-2-4-8-16/h5-6,9-10,15-16H,2-4,7-8,11-14H2,1H3,(H3,20,21,22). The lowest BCUT2D eigenvalue weighted by Gasteiger charge is -2.23. The normalized spacial score (nSPS) is 22.6. The topological polar surface area (TPSA) is 62.9 Å². The molecule has 1 aromatic rings. The van der Waals surface area contributed by atoms with E-state index >= 15 is 0 Å². The lowest BCUT2D eigenvalue weighted by atomic mass is 9.96. The molecule has 0 spiro atoms. The fourth-order valence-electron chi connectivity index (χ4n) is 3.82. The molecule has 5 nitrogen and oxygen atoms in total. The van der Waals surface area contributed by atoms with Crippen molar-refractivity contribution in [2.45, 2.75) is 44.6 Å². The third kappa shape index (κ3) is 4.34. The molecule has 1 saturated heterocycles. The van der Waals surface area contributed by atoms with Crippen molar-refractivity contribution in [2.24, 2.45) is 16.6 Å². The average molecular weight is 330 g/mol. The number of nitrogens with zero attached hydrogens (tertiary/aromatic N) is 2. The molecule has 0 radical (unpaired) electrons. The highest BCUT2D eigenvalue weighted by Gasteiger charge is 2.24. The van der Waals surface area contributed by atoms with E-state index in [4.69, 9.17) is 10.5 Å². The van der Waals surface area contributed by atoms with Gasteiger partial charge in [0.1, 0.15) is 5.75 Å². The van der Waals surface area contributed by atoms with E-state index in [2.05, 4.69) is 27.3 Å². The highest BCUT2D eigenvalue weighted by Crippen LogP contribution is 2.31. The summed E-state index contributed by atoms with van der Waals surface area (Å²) in [5.74, 6) is 2.12. The number of nitrogens with one attached hydrogen (secondary N) is 1. The summed E-state index contributed by atoms with van der Waals surface area (Å²) >= 11 is 0. The van der Waals surface area contributed by atoms with Crippen LogP contribution in [0.1, 0.15) is 38.5 Å². The molecule has 1 unspecified atom stereocenters. The van der Waals surface area contributed by atoms with Crippen molar-refractivity contribution in [1.82, 2.24) is 5.32 Å². The predicted octanol–water partition coefficient (Wildman–Crippen LogP) is 2.76. The van der Waals surface area contributed by atoms with Crippen LogP contribution in [0.3, 0.4) is 0 Å². The smallest absolute Gasteiger partial charge is 0.188 e. The van der Waals surface area contributed by atoms with E-state index in [1.165, 1.54) is 37.8 Å². The summed E-state index contributed by atoms with van der Waals surface area (Å²) in [6, 6.07) is 8.75. The highest BCUT2D eigenvalue weighted by molar-refractivity contribution is 5.78. The molecular formula is C19H30N4O. The second kappa shape index (κ2) is 8.27. The number of methoxy groups -OCH3 is 1. The Kier molecular flexibility index (Phi) is 5.83. The van der Waals surface area contributed by atoms with Crippen LogP contribution in [0.15, 0.2) is 29.3 Å². The van der Waals surface area contributed by atoms with Crippen LogP contribution in [0.2, 0.25) is 0 Å². The highest BCUT2D eigenvalue weighted by atomic mass is 16.5. The number of anilines is 1. The van der Waals surface area contributed by atoms with E-state index in [1.54, 1.807) is 7.11 Å². The molecule has 1 aliphatic heterocycles. The zero-order valence-corrected chi connectivity index (χ0v) is 14.7. The van der Waals surface area contributed by atoms with Gasteiger partial charge in [0.2, 0.25) is 0 Å². The summed E-state index contributed by atoms with van der Waals surface area (Å²) in [6.45, 7) is 2.87. The number of ether oxygens (including phenoxy) is 1. The monoisotopic (exact) mass is 330 g/mol. The van der Waals surface area contributed by atoms with E-state index in [1.807, 2.05) is 12.1 Å². The van der Waals surface area contributed by atoms with Gasteiger partial charge in [-0.1, -0.05) is 31.4 Å². The molecule has 1 aromatic carbocycles. The first kappa shape index (κ1) is 16.9. The van der Waals surface area contributed by atoms with E-state index < -0.39 is 0 Å². The predicted molar refractivity (Wildman–Crippen MR) is 99.8 cm³/mol. The van der Waals surface area contributed by atoms with Crippen LogP contribution in [-0.4, -0.2) is 38.7 Å². The number of hydrogen-bond donors (Lipinski definition) is 2. The van der Waals surface area contributed by atoms with Crippen molar-refractivity contribution >= 4 is 11.6 Å². The summed E-state index contributed by atoms with van der Waals surface area (Å²) in [4.78, 5) is 6.99. The maximum absolute atomic E-state index is 6.08. The first-order valence-electron chi connectivity index (χ1n) is 9.20. The Morgan fingerprint density at radius 3 is 2.83 bits per heavy atom. The van der Waals surface area contributed by atoms with E-state index in [-0.39, 0.29) is 0 Å². The zero-order chi connectivity index (χ0) is 16.8. The maximum Gasteiger partial charge on any atom is 0.188 e. The van der Waals surface area contributed by atoms with Crippen molar-refractivity contribution in [3.05, 3.63) is 24.3 Å². The number of hydrogen-bond acceptors (Lipinski definition) is 3. The summed E-state index contributed by atoms with van der Waals surface area (Å²) < 4.78 is 5.48. The second-order valence-corrected chi connectivity index (χ2v) is 6.98. The molecule has 24 heavy (non-hydrogen) atoms. The van der Waals surface area contributed by atoms with Gasteiger partial charge in [0.15, 0.2) is 5.96 Å². The third-order valence-electron chi connectivity index (χ3n) is 5.19. The van der Waals surface area contributed by atoms with Gasteiger partial charge in [0.25, 0.3) is 0 Å². The van der Waals surface area contributed by atoms with Crippen molar-refractivity contribution < 1.29 is 4.74 Å². The van der Waals surface area contributed by atoms with Crippen molar-refractivity contribution in [3.63, 3.8) is 0 Å². The average Bonchev–Trinajstić information content (AvgIpc) is 3.09. The zero-order valence-electron chi connectivity index (χ0n) is 14.7. The molecule has 0 amide bonds. The number of aliphatic imine (C=N–C) groups is 1. The molecule has 1 saturated carbocycles. The SMILES string of the molecule is COc1ccccc1N1CCC(CN=C(N)NC2CCCCC2)C1. The third-order valence-corrected chi connectivity index (χ3v) is 5.19. The molecule has 3 N–H and O–H groups in total. The van der Waals surface area contributed by atoms with Crippen LogP contribution in [0.25, 0.3) is 0 Å². The Labute approximate surface area is 145 Å². The lowest BCUT2D eigenvalue weighted by molar-refractivity contribution is 0.412. The maximum atomic E-state index is 6.08. The molecule has 132 valence electrons. The molecule has 1 aliphatic carbocycles. The number of guanidine groups is 1. The van der Waals surface area contributed by atoms with Crippen LogP contribution < -0.4 is 20.7 Å². The Hall–Kier alpha value is -1.91. The molecule has 1 atom stereocenters. The Balaban J connectivity index is 1.49. The minimum Gasteiger partial charge on any atom is -0.495 e. The Morgan fingerprint density at radius 2 is 2.04 bits per heavy atom. The fourth-order valence-corrected chi connectivity index (χ4v) is 3.82. The molecule has 3 rings (SSSR count). The molecule has 0 bridgehead atoms. The van der Waals surface area contributed by atoms with E-state index in [9.17, 15) is 0 Å². The first-order valence-corrected chi connectivity index (χ1v) is 9.20. The van der Waals surface area contributed by atoms with Gasteiger partial charge in [-0.2, -0.15) is 0 Å². The van der Waals surface area contributed by atoms with E-state index in [0.29, 0.717) is 17.9 Å². The van der Waals surface area contributed by atoms with Gasteiger partial charge in [-0.3, -0.25) is 4.99 Å². The molecule has 0 aromatic heterocycles. The van der Waals surface area contributed by atoms with Crippen LogP contribution >= 0.6 is 0 Å². The molecule has 2 aliphatic rings. The van der Waals surface area contributed by atoms with Crippen LogP contribution in [0, 0.1) is 5.92 Å². The van der Waals surface area contributed by atoms with Gasteiger partial charge < -0.3 is 20.7 Å². The lowest BCUT2D eigenvalue weighted by Crippen LogP contribution is -2.41. The molecule has 1 heterocycles. The number of benzene rings is 1. The van der Waals surface area contributed by atoms with Crippen molar-refractivity contribution in [2.75, 3.05) is 31.6 Å². The largest absolute Gasteiger partial charge is 0.495 e. The van der Waals surface area contributed by atoms with Crippen molar-refractivity contribution in [1.29, 1.82) is 0 Å². The summed E-state index contributed by atoms with van der Waals surface area (Å²) in [5.41, 5.74) is 7.26. The van der Waals surface area contributed by atoms with Crippen LogP contribution in [0.5, 0.6) is 5.75 Å². The minimum atomic E-state index is 0.524. The minimum absolute atomic E-state index is 0.524. The molecule has 5 heteroatoms. The number of rotatable bonds is 5. The van der Waals surface area contributed by atoms with Gasteiger partial charge in [-0.15, -0.1) is 0 Å². The second-order valence-electron chi connectivity index (χ2n) is 6.98. The Bertz CT molecular complexity index is 554. The first-order chi connectivity index (χ1) is 11.8. The summed E-state index contributed by atoms with van der Waals surface area (Å²) in [5, 5.41) is 3.40. The molecule has 2 fully saturated rings.